The lowest BCUT2D eigenvalue weighted by Gasteiger charge is -2.34. The molecule has 118 valence electrons. The molecule has 3 atom stereocenters. The van der Waals surface area contributed by atoms with Gasteiger partial charge >= 0.3 is 5.97 Å². The quantitative estimate of drug-likeness (QED) is 0.592. The zero-order valence-corrected chi connectivity index (χ0v) is 13.5. The Morgan fingerprint density at radius 3 is 2.19 bits per heavy atom. The van der Waals surface area contributed by atoms with Gasteiger partial charge in [0.1, 0.15) is 5.54 Å². The van der Waals surface area contributed by atoms with Crippen LogP contribution in [0.4, 0.5) is 0 Å². The first-order valence-electron chi connectivity index (χ1n) is 7.27. The lowest BCUT2D eigenvalue weighted by atomic mass is 9.98. The first kappa shape index (κ1) is 15.9. The lowest BCUT2D eigenvalue weighted by Crippen LogP contribution is -2.60. The fraction of sp³-hybridized carbons (Fsp3) is 0.800. The molecule has 0 aromatic carbocycles. The van der Waals surface area contributed by atoms with Crippen molar-refractivity contribution in [1.82, 2.24) is 10.2 Å². The molecule has 1 aliphatic heterocycles. The summed E-state index contributed by atoms with van der Waals surface area (Å²) in [4.78, 5) is 38.0. The zero-order valence-electron chi connectivity index (χ0n) is 13.5. The van der Waals surface area contributed by atoms with Crippen LogP contribution in [0.3, 0.4) is 0 Å². The maximum absolute atomic E-state index is 12.4. The van der Waals surface area contributed by atoms with E-state index in [1.165, 1.54) is 12.0 Å². The van der Waals surface area contributed by atoms with Crippen molar-refractivity contribution in [3.05, 3.63) is 0 Å². The molecular weight excluding hydrogens is 272 g/mol. The number of rotatable bonds is 5. The van der Waals surface area contributed by atoms with E-state index in [1.807, 2.05) is 27.7 Å². The Hall–Kier alpha value is -1.43. The van der Waals surface area contributed by atoms with E-state index < -0.39 is 11.5 Å². The summed E-state index contributed by atoms with van der Waals surface area (Å²) in [5, 5.41) is 3.10. The number of nitrogens with one attached hydrogen (secondary N) is 1. The summed E-state index contributed by atoms with van der Waals surface area (Å²) >= 11 is 0. The van der Waals surface area contributed by atoms with Crippen LogP contribution in [0.5, 0.6) is 0 Å². The molecule has 21 heavy (non-hydrogen) atoms. The van der Waals surface area contributed by atoms with Gasteiger partial charge in [0.05, 0.1) is 25.5 Å². The van der Waals surface area contributed by atoms with E-state index in [0.29, 0.717) is 0 Å². The van der Waals surface area contributed by atoms with E-state index in [1.54, 1.807) is 6.92 Å². The summed E-state index contributed by atoms with van der Waals surface area (Å²) in [6.45, 7) is 9.33. The molecule has 1 heterocycles. The standard InChI is InChI=1S/C15H24N2O4/c1-8(2)16-15(5,13(20)21-6)7-17-11(18)9-10(12(17)19)14(9,3)4/h8-10,16H,7H2,1-6H3. The van der Waals surface area contributed by atoms with Crippen LogP contribution in [0.2, 0.25) is 0 Å². The van der Waals surface area contributed by atoms with Crippen molar-refractivity contribution in [1.29, 1.82) is 0 Å². The number of piperidine rings is 1. The van der Waals surface area contributed by atoms with Crippen molar-refractivity contribution in [3.63, 3.8) is 0 Å². The minimum Gasteiger partial charge on any atom is -0.468 e. The molecule has 1 N–H and O–H groups in total. The van der Waals surface area contributed by atoms with E-state index in [0.717, 1.165) is 0 Å². The smallest absolute Gasteiger partial charge is 0.327 e. The second kappa shape index (κ2) is 4.80. The van der Waals surface area contributed by atoms with E-state index in [2.05, 4.69) is 5.32 Å². The molecule has 6 nitrogen and oxygen atoms in total. The van der Waals surface area contributed by atoms with Gasteiger partial charge in [-0.15, -0.1) is 0 Å². The van der Waals surface area contributed by atoms with Gasteiger partial charge in [-0.2, -0.15) is 0 Å². The Morgan fingerprint density at radius 2 is 1.81 bits per heavy atom. The van der Waals surface area contributed by atoms with Gasteiger partial charge in [0.15, 0.2) is 0 Å². The van der Waals surface area contributed by atoms with Crippen LogP contribution >= 0.6 is 0 Å². The average Bonchev–Trinajstić information content (AvgIpc) is 2.84. The molecule has 0 bridgehead atoms. The molecule has 1 saturated heterocycles. The lowest BCUT2D eigenvalue weighted by molar-refractivity contribution is -0.152. The summed E-state index contributed by atoms with van der Waals surface area (Å²) < 4.78 is 4.83. The Balaban J connectivity index is 2.18. The van der Waals surface area contributed by atoms with Crippen molar-refractivity contribution in [2.24, 2.45) is 17.3 Å². The number of hydrogen-bond donors (Lipinski definition) is 1. The number of ether oxygens (including phenoxy) is 1. The number of likely N-dealkylation sites (tertiary alicyclic amines) is 1. The topological polar surface area (TPSA) is 75.7 Å². The summed E-state index contributed by atoms with van der Waals surface area (Å²) in [5.41, 5.74) is -1.33. The highest BCUT2D eigenvalue weighted by Crippen LogP contribution is 2.63. The molecule has 2 aliphatic rings. The third-order valence-corrected chi connectivity index (χ3v) is 4.61. The Morgan fingerprint density at radius 1 is 1.33 bits per heavy atom. The average molecular weight is 296 g/mol. The second-order valence-electron chi connectivity index (χ2n) is 7.16. The fourth-order valence-corrected chi connectivity index (χ4v) is 3.51. The number of esters is 1. The van der Waals surface area contributed by atoms with Gasteiger partial charge < -0.3 is 4.74 Å². The number of amides is 2. The zero-order chi connectivity index (χ0) is 16.2. The van der Waals surface area contributed by atoms with Gasteiger partial charge in [0.25, 0.3) is 0 Å². The van der Waals surface area contributed by atoms with E-state index in [9.17, 15) is 14.4 Å². The number of fused-ring (bicyclic) bond motifs is 1. The van der Waals surface area contributed by atoms with Crippen LogP contribution in [0.15, 0.2) is 0 Å². The largest absolute Gasteiger partial charge is 0.468 e. The van der Waals surface area contributed by atoms with Crippen LogP contribution in [-0.4, -0.2) is 47.9 Å². The molecule has 0 spiro atoms. The molecule has 0 aromatic heterocycles. The van der Waals surface area contributed by atoms with Crippen LogP contribution in [-0.2, 0) is 19.1 Å². The predicted molar refractivity (Wildman–Crippen MR) is 76.2 cm³/mol. The van der Waals surface area contributed by atoms with Crippen molar-refractivity contribution in [3.8, 4) is 0 Å². The number of carbonyl (C=O) groups excluding carboxylic acids is 3. The Kier molecular flexibility index (Phi) is 3.64. The third kappa shape index (κ3) is 2.35. The van der Waals surface area contributed by atoms with Gasteiger partial charge in [-0.05, 0) is 26.2 Å². The molecule has 1 aliphatic carbocycles. The highest BCUT2D eigenvalue weighted by Gasteiger charge is 2.72. The van der Waals surface area contributed by atoms with Crippen LogP contribution in [0.25, 0.3) is 0 Å². The molecule has 3 unspecified atom stereocenters. The number of imide groups is 1. The fourth-order valence-electron chi connectivity index (χ4n) is 3.51. The van der Waals surface area contributed by atoms with Crippen molar-refractivity contribution >= 4 is 17.8 Å². The number of carbonyl (C=O) groups is 3. The molecule has 0 radical (unpaired) electrons. The van der Waals surface area contributed by atoms with Crippen molar-refractivity contribution in [2.45, 2.75) is 46.2 Å². The summed E-state index contributed by atoms with van der Waals surface area (Å²) in [7, 11) is 1.30. The summed E-state index contributed by atoms with van der Waals surface area (Å²) in [5.74, 6) is -1.28. The van der Waals surface area contributed by atoms with Gasteiger partial charge in [0.2, 0.25) is 11.8 Å². The minimum atomic E-state index is -1.09. The Labute approximate surface area is 125 Å². The van der Waals surface area contributed by atoms with Crippen LogP contribution in [0, 0.1) is 17.3 Å². The summed E-state index contributed by atoms with van der Waals surface area (Å²) in [6, 6.07) is 0.0212. The molecule has 2 rings (SSSR count). The first-order valence-corrected chi connectivity index (χ1v) is 7.27. The van der Waals surface area contributed by atoms with E-state index in [4.69, 9.17) is 4.74 Å². The number of nitrogens with zero attached hydrogens (tertiary/aromatic N) is 1. The number of methoxy groups -OCH3 is 1. The van der Waals surface area contributed by atoms with Gasteiger partial charge in [-0.1, -0.05) is 13.8 Å². The van der Waals surface area contributed by atoms with Crippen LogP contribution < -0.4 is 5.32 Å². The van der Waals surface area contributed by atoms with E-state index >= 15 is 0 Å². The highest BCUT2D eigenvalue weighted by atomic mass is 16.5. The molecular formula is C15H24N2O4. The summed E-state index contributed by atoms with van der Waals surface area (Å²) in [6.07, 6.45) is 0. The first-order chi connectivity index (χ1) is 9.56. The molecule has 2 amide bonds. The van der Waals surface area contributed by atoms with Gasteiger partial charge in [-0.25, -0.2) is 4.79 Å². The monoisotopic (exact) mass is 296 g/mol. The third-order valence-electron chi connectivity index (χ3n) is 4.61. The van der Waals surface area contributed by atoms with E-state index in [-0.39, 0.29) is 41.7 Å². The normalized spacial score (nSPS) is 29.4. The molecule has 0 aromatic rings. The molecule has 2 fully saturated rings. The maximum Gasteiger partial charge on any atom is 0.327 e. The van der Waals surface area contributed by atoms with Gasteiger partial charge in [-0.3, -0.25) is 19.8 Å². The molecule has 1 saturated carbocycles. The SMILES string of the molecule is COC(=O)C(C)(CN1C(=O)C2C(C1=O)C2(C)C)NC(C)C. The predicted octanol–water partition coefficient (Wildman–Crippen LogP) is 0.557. The van der Waals surface area contributed by atoms with Crippen molar-refractivity contribution in [2.75, 3.05) is 13.7 Å². The Bertz CT molecular complexity index is 476. The maximum atomic E-state index is 12.4. The van der Waals surface area contributed by atoms with Crippen molar-refractivity contribution < 1.29 is 19.1 Å². The second-order valence-corrected chi connectivity index (χ2v) is 7.16. The highest BCUT2D eigenvalue weighted by molar-refractivity contribution is 6.10. The van der Waals surface area contributed by atoms with Crippen LogP contribution in [0.1, 0.15) is 34.6 Å². The minimum absolute atomic E-state index is 0.0125. The van der Waals surface area contributed by atoms with Gasteiger partial charge in [0, 0.05) is 6.04 Å². The number of hydrogen-bond acceptors (Lipinski definition) is 5. The molecule has 6 heteroatoms.